The molecule has 0 atom stereocenters. The van der Waals surface area contributed by atoms with Crippen molar-refractivity contribution in [3.63, 3.8) is 0 Å². The van der Waals surface area contributed by atoms with Crippen molar-refractivity contribution >= 4 is 24.3 Å². The molecule has 17 heavy (non-hydrogen) atoms. The van der Waals surface area contributed by atoms with Gasteiger partial charge in [0.25, 0.3) is 0 Å². The first kappa shape index (κ1) is 12.9. The molecular formula is C12H18BNO2S. The number of hydrogen-bond acceptors (Lipinski definition) is 4. The molecule has 5 heteroatoms. The summed E-state index contributed by atoms with van der Waals surface area (Å²) >= 11 is 1.61. The molecule has 0 aromatic carbocycles. The van der Waals surface area contributed by atoms with Crippen LogP contribution < -0.4 is 5.46 Å². The Labute approximate surface area is 107 Å². The van der Waals surface area contributed by atoms with Gasteiger partial charge in [0.05, 0.1) is 16.2 Å². The fraction of sp³-hybridized carbons (Fsp3) is 0.583. The molecule has 1 aromatic rings. The maximum absolute atomic E-state index is 6.02. The second-order valence-electron chi connectivity index (χ2n) is 5.19. The summed E-state index contributed by atoms with van der Waals surface area (Å²) in [5, 5.41) is 0.964. The highest BCUT2D eigenvalue weighted by molar-refractivity contribution is 7.98. The van der Waals surface area contributed by atoms with Crippen molar-refractivity contribution in [2.24, 2.45) is 0 Å². The number of aromatic nitrogens is 1. The molecule has 92 valence electrons. The molecule has 1 aromatic heterocycles. The van der Waals surface area contributed by atoms with Gasteiger partial charge in [-0.05, 0) is 40.0 Å². The second kappa shape index (κ2) is 4.30. The first-order valence-electron chi connectivity index (χ1n) is 5.72. The Morgan fingerprint density at radius 2 is 1.76 bits per heavy atom. The molecule has 0 N–H and O–H groups in total. The van der Waals surface area contributed by atoms with Crippen molar-refractivity contribution in [2.75, 3.05) is 6.26 Å². The van der Waals surface area contributed by atoms with Crippen LogP contribution in [0.1, 0.15) is 27.7 Å². The van der Waals surface area contributed by atoms with Crippen molar-refractivity contribution in [2.45, 2.75) is 43.9 Å². The Bertz CT molecular complexity index is 407. The van der Waals surface area contributed by atoms with Crippen LogP contribution in [0.15, 0.2) is 23.4 Å². The number of thioether (sulfide) groups is 1. The fourth-order valence-electron chi connectivity index (χ4n) is 1.72. The van der Waals surface area contributed by atoms with E-state index in [0.29, 0.717) is 0 Å². The Kier molecular flexibility index (Phi) is 3.27. The number of hydrogen-bond donors (Lipinski definition) is 0. The Balaban J connectivity index is 2.32. The third-order valence-electron chi connectivity index (χ3n) is 3.50. The zero-order valence-electron chi connectivity index (χ0n) is 11.0. The molecule has 0 radical (unpaired) electrons. The van der Waals surface area contributed by atoms with Gasteiger partial charge in [0.15, 0.2) is 0 Å². The van der Waals surface area contributed by atoms with Crippen LogP contribution in [0.4, 0.5) is 0 Å². The van der Waals surface area contributed by atoms with E-state index in [4.69, 9.17) is 9.31 Å². The molecule has 0 amide bonds. The van der Waals surface area contributed by atoms with E-state index in [2.05, 4.69) is 32.7 Å². The molecule has 1 saturated heterocycles. The minimum Gasteiger partial charge on any atom is -0.399 e. The van der Waals surface area contributed by atoms with Gasteiger partial charge in [-0.3, -0.25) is 4.98 Å². The quantitative estimate of drug-likeness (QED) is 0.595. The Morgan fingerprint density at radius 3 is 2.29 bits per heavy atom. The molecule has 0 aliphatic carbocycles. The molecule has 0 bridgehead atoms. The predicted octanol–water partition coefficient (Wildman–Crippen LogP) is 2.10. The van der Waals surface area contributed by atoms with Gasteiger partial charge in [-0.25, -0.2) is 0 Å². The molecule has 1 aliphatic heterocycles. The first-order valence-corrected chi connectivity index (χ1v) is 6.94. The molecule has 0 unspecified atom stereocenters. The van der Waals surface area contributed by atoms with Crippen LogP contribution in [-0.2, 0) is 9.31 Å². The lowest BCUT2D eigenvalue weighted by atomic mass is 9.80. The highest BCUT2D eigenvalue weighted by Crippen LogP contribution is 2.36. The maximum atomic E-state index is 6.02. The molecular weight excluding hydrogens is 233 g/mol. The molecule has 0 saturated carbocycles. The fourth-order valence-corrected chi connectivity index (χ4v) is 2.29. The molecule has 2 heterocycles. The van der Waals surface area contributed by atoms with Crippen molar-refractivity contribution in [1.29, 1.82) is 0 Å². The SMILES string of the molecule is CSc1ncccc1B1OC(C)(C)C(C)(C)O1. The highest BCUT2D eigenvalue weighted by Gasteiger charge is 2.52. The van der Waals surface area contributed by atoms with Crippen molar-refractivity contribution in [3.8, 4) is 0 Å². The normalized spacial score (nSPS) is 21.8. The van der Waals surface area contributed by atoms with Crippen LogP contribution in [0.3, 0.4) is 0 Å². The van der Waals surface area contributed by atoms with Crippen molar-refractivity contribution in [1.82, 2.24) is 4.98 Å². The smallest absolute Gasteiger partial charge is 0.399 e. The zero-order valence-corrected chi connectivity index (χ0v) is 11.8. The lowest BCUT2D eigenvalue weighted by molar-refractivity contribution is 0.00578. The van der Waals surface area contributed by atoms with Crippen LogP contribution >= 0.6 is 11.8 Å². The van der Waals surface area contributed by atoms with Crippen LogP contribution in [0.25, 0.3) is 0 Å². The van der Waals surface area contributed by atoms with Gasteiger partial charge in [-0.2, -0.15) is 0 Å². The van der Waals surface area contributed by atoms with Crippen molar-refractivity contribution in [3.05, 3.63) is 18.3 Å². The average molecular weight is 251 g/mol. The lowest BCUT2D eigenvalue weighted by Crippen LogP contribution is -2.41. The summed E-state index contributed by atoms with van der Waals surface area (Å²) in [7, 11) is -0.323. The largest absolute Gasteiger partial charge is 0.497 e. The highest BCUT2D eigenvalue weighted by atomic mass is 32.2. The first-order chi connectivity index (χ1) is 7.87. The number of rotatable bonds is 2. The number of pyridine rings is 1. The third-order valence-corrected chi connectivity index (χ3v) is 4.23. The summed E-state index contributed by atoms with van der Waals surface area (Å²) in [6, 6.07) is 3.93. The minimum absolute atomic E-state index is 0.302. The summed E-state index contributed by atoms with van der Waals surface area (Å²) in [5.41, 5.74) is 0.408. The second-order valence-corrected chi connectivity index (χ2v) is 5.99. The van der Waals surface area contributed by atoms with E-state index >= 15 is 0 Å². The van der Waals surface area contributed by atoms with Crippen LogP contribution in [-0.4, -0.2) is 29.6 Å². The summed E-state index contributed by atoms with van der Waals surface area (Å²) in [6.45, 7) is 8.23. The van der Waals surface area contributed by atoms with E-state index in [1.165, 1.54) is 0 Å². The van der Waals surface area contributed by atoms with Gasteiger partial charge in [0.2, 0.25) is 0 Å². The van der Waals surface area contributed by atoms with E-state index in [1.54, 1.807) is 18.0 Å². The Hall–Kier alpha value is -0.515. The van der Waals surface area contributed by atoms with E-state index in [9.17, 15) is 0 Å². The molecule has 3 nitrogen and oxygen atoms in total. The van der Waals surface area contributed by atoms with Crippen molar-refractivity contribution < 1.29 is 9.31 Å². The van der Waals surface area contributed by atoms with Crippen LogP contribution in [0.5, 0.6) is 0 Å². The van der Waals surface area contributed by atoms with Gasteiger partial charge < -0.3 is 9.31 Å². The summed E-state index contributed by atoms with van der Waals surface area (Å²) in [5.74, 6) is 0. The third kappa shape index (κ3) is 2.24. The standard InChI is InChI=1S/C12H18BNO2S/c1-11(2)12(3,4)16-13(15-11)9-7-6-8-14-10(9)17-5/h6-8H,1-5H3. The summed E-state index contributed by atoms with van der Waals surface area (Å²) < 4.78 is 12.0. The van der Waals surface area contributed by atoms with E-state index in [0.717, 1.165) is 10.5 Å². The van der Waals surface area contributed by atoms with Crippen LogP contribution in [0.2, 0.25) is 0 Å². The number of nitrogens with zero attached hydrogens (tertiary/aromatic N) is 1. The Morgan fingerprint density at radius 1 is 1.18 bits per heavy atom. The average Bonchev–Trinajstić information content (AvgIpc) is 2.48. The zero-order chi connectivity index (χ0) is 12.7. The lowest BCUT2D eigenvalue weighted by Gasteiger charge is -2.32. The monoisotopic (exact) mass is 251 g/mol. The summed E-state index contributed by atoms with van der Waals surface area (Å²) in [6.07, 6.45) is 3.80. The van der Waals surface area contributed by atoms with Gasteiger partial charge in [-0.15, -0.1) is 11.8 Å². The minimum atomic E-state index is -0.323. The van der Waals surface area contributed by atoms with Gasteiger partial charge >= 0.3 is 7.12 Å². The maximum Gasteiger partial charge on any atom is 0.497 e. The summed E-state index contributed by atoms with van der Waals surface area (Å²) in [4.78, 5) is 4.34. The molecule has 0 spiro atoms. The molecule has 2 rings (SSSR count). The molecule has 1 aliphatic rings. The van der Waals surface area contributed by atoms with E-state index in [1.807, 2.05) is 18.4 Å². The van der Waals surface area contributed by atoms with E-state index in [-0.39, 0.29) is 18.3 Å². The van der Waals surface area contributed by atoms with Gasteiger partial charge in [0, 0.05) is 11.7 Å². The van der Waals surface area contributed by atoms with Crippen LogP contribution in [0, 0.1) is 0 Å². The van der Waals surface area contributed by atoms with E-state index < -0.39 is 0 Å². The van der Waals surface area contributed by atoms with Gasteiger partial charge in [-0.1, -0.05) is 6.07 Å². The topological polar surface area (TPSA) is 31.4 Å². The van der Waals surface area contributed by atoms with Gasteiger partial charge in [0.1, 0.15) is 0 Å². The molecule has 1 fully saturated rings. The predicted molar refractivity (Wildman–Crippen MR) is 71.7 cm³/mol.